The Kier molecular flexibility index (Phi) is 7.10. The van der Waals surface area contributed by atoms with E-state index in [9.17, 15) is 4.79 Å². The molecule has 0 aliphatic rings. The van der Waals surface area contributed by atoms with Crippen LogP contribution in [0.1, 0.15) is 30.6 Å². The highest BCUT2D eigenvalue weighted by Gasteiger charge is 2.24. The van der Waals surface area contributed by atoms with Gasteiger partial charge in [-0.3, -0.25) is 9.69 Å². The Hall–Kier alpha value is -1.00. The van der Waals surface area contributed by atoms with E-state index in [0.717, 1.165) is 23.5 Å². The number of hydrogen-bond acceptors (Lipinski definition) is 4. The average molecular weight is 295 g/mol. The van der Waals surface area contributed by atoms with Gasteiger partial charge in [-0.15, -0.1) is 0 Å². The zero-order chi connectivity index (χ0) is 15.1. The van der Waals surface area contributed by atoms with E-state index in [-0.39, 0.29) is 11.8 Å². The summed E-state index contributed by atoms with van der Waals surface area (Å²) in [5, 5.41) is 0. The van der Waals surface area contributed by atoms with Crippen LogP contribution in [0.2, 0.25) is 0 Å². The lowest BCUT2D eigenvalue weighted by Gasteiger charge is -2.31. The maximum atomic E-state index is 12.5. The lowest BCUT2D eigenvalue weighted by atomic mass is 10.0. The Bertz CT molecular complexity index is 419. The summed E-state index contributed by atoms with van der Waals surface area (Å²) in [5.41, 5.74) is 0.740. The lowest BCUT2D eigenvalue weighted by molar-refractivity contribution is 0.0827. The molecule has 0 aromatic heterocycles. The SMILES string of the molecule is CCC(CSC)N(C)C(C)C(=O)c1ccc(OC)cc1. The molecular formula is C16H25NO2S. The number of ether oxygens (including phenoxy) is 1. The number of methoxy groups -OCH3 is 1. The van der Waals surface area contributed by atoms with Crippen molar-refractivity contribution < 1.29 is 9.53 Å². The molecule has 0 amide bonds. The molecule has 112 valence electrons. The molecule has 0 radical (unpaired) electrons. The third-order valence-corrected chi connectivity index (χ3v) is 4.49. The predicted molar refractivity (Wildman–Crippen MR) is 87.0 cm³/mol. The number of ketones is 1. The van der Waals surface area contributed by atoms with Crippen molar-refractivity contribution in [2.75, 3.05) is 26.2 Å². The molecule has 0 spiro atoms. The number of benzene rings is 1. The van der Waals surface area contributed by atoms with Gasteiger partial charge in [0.15, 0.2) is 5.78 Å². The Balaban J connectivity index is 2.78. The van der Waals surface area contributed by atoms with Crippen molar-refractivity contribution in [3.63, 3.8) is 0 Å². The molecule has 0 heterocycles. The van der Waals surface area contributed by atoms with Gasteiger partial charge < -0.3 is 4.74 Å². The number of hydrogen-bond donors (Lipinski definition) is 0. The summed E-state index contributed by atoms with van der Waals surface area (Å²) in [6.45, 7) is 4.15. The minimum atomic E-state index is -0.111. The van der Waals surface area contributed by atoms with Crippen LogP contribution < -0.4 is 4.74 Å². The average Bonchev–Trinajstić information content (AvgIpc) is 2.50. The summed E-state index contributed by atoms with van der Waals surface area (Å²) in [4.78, 5) is 14.7. The van der Waals surface area contributed by atoms with Crippen molar-refractivity contribution in [2.24, 2.45) is 0 Å². The van der Waals surface area contributed by atoms with Crippen molar-refractivity contribution >= 4 is 17.5 Å². The lowest BCUT2D eigenvalue weighted by Crippen LogP contribution is -2.44. The Morgan fingerprint density at radius 1 is 1.35 bits per heavy atom. The van der Waals surface area contributed by atoms with Crippen LogP contribution in [0.15, 0.2) is 24.3 Å². The number of rotatable bonds is 8. The van der Waals surface area contributed by atoms with Gasteiger partial charge in [-0.25, -0.2) is 0 Å². The zero-order valence-corrected chi connectivity index (χ0v) is 13.9. The number of carbonyl (C=O) groups excluding carboxylic acids is 1. The molecular weight excluding hydrogens is 270 g/mol. The van der Waals surface area contributed by atoms with E-state index >= 15 is 0 Å². The Morgan fingerprint density at radius 3 is 2.40 bits per heavy atom. The third-order valence-electron chi connectivity index (χ3n) is 3.77. The van der Waals surface area contributed by atoms with Crippen molar-refractivity contribution in [3.8, 4) is 5.75 Å². The first-order chi connectivity index (χ1) is 9.54. The number of nitrogens with zero attached hydrogens (tertiary/aromatic N) is 1. The van der Waals surface area contributed by atoms with E-state index in [1.807, 2.05) is 50.0 Å². The predicted octanol–water partition coefficient (Wildman–Crippen LogP) is 3.34. The fourth-order valence-corrected chi connectivity index (χ4v) is 3.07. The van der Waals surface area contributed by atoms with Gasteiger partial charge in [0, 0.05) is 17.4 Å². The molecule has 0 saturated carbocycles. The fourth-order valence-electron chi connectivity index (χ4n) is 2.21. The van der Waals surface area contributed by atoms with Gasteiger partial charge in [0.1, 0.15) is 5.75 Å². The number of Topliss-reactive ketones (excluding diaryl/α,β-unsaturated/α-hetero) is 1. The second-order valence-electron chi connectivity index (χ2n) is 4.95. The molecule has 0 fully saturated rings. The molecule has 20 heavy (non-hydrogen) atoms. The van der Waals surface area contributed by atoms with Crippen LogP contribution in [0, 0.1) is 0 Å². The van der Waals surface area contributed by atoms with Gasteiger partial charge in [0.25, 0.3) is 0 Å². The molecule has 1 aromatic rings. The molecule has 1 rings (SSSR count). The first-order valence-corrected chi connectivity index (χ1v) is 8.33. The van der Waals surface area contributed by atoms with Crippen LogP contribution in [0.5, 0.6) is 5.75 Å². The normalized spacial score (nSPS) is 14.1. The summed E-state index contributed by atoms with van der Waals surface area (Å²) in [6, 6.07) is 7.66. The summed E-state index contributed by atoms with van der Waals surface area (Å²) in [5.74, 6) is 1.99. The highest BCUT2D eigenvalue weighted by Crippen LogP contribution is 2.17. The molecule has 0 saturated heterocycles. The molecule has 1 aromatic carbocycles. The molecule has 0 bridgehead atoms. The van der Waals surface area contributed by atoms with Crippen LogP contribution >= 0.6 is 11.8 Å². The maximum absolute atomic E-state index is 12.5. The monoisotopic (exact) mass is 295 g/mol. The van der Waals surface area contributed by atoms with Crippen molar-refractivity contribution in [3.05, 3.63) is 29.8 Å². The first-order valence-electron chi connectivity index (χ1n) is 6.94. The molecule has 2 atom stereocenters. The van der Waals surface area contributed by atoms with Crippen LogP contribution in [0.4, 0.5) is 0 Å². The van der Waals surface area contributed by atoms with Crippen molar-refractivity contribution in [1.82, 2.24) is 4.90 Å². The van der Waals surface area contributed by atoms with Crippen molar-refractivity contribution in [2.45, 2.75) is 32.4 Å². The number of carbonyl (C=O) groups is 1. The second-order valence-corrected chi connectivity index (χ2v) is 5.86. The maximum Gasteiger partial charge on any atom is 0.179 e. The smallest absolute Gasteiger partial charge is 0.179 e. The van der Waals surface area contributed by atoms with Crippen LogP contribution in [-0.2, 0) is 0 Å². The van der Waals surface area contributed by atoms with E-state index in [2.05, 4.69) is 18.1 Å². The standard InChI is InChI=1S/C16H25NO2S/c1-6-14(11-20-5)17(3)12(2)16(18)13-7-9-15(19-4)10-8-13/h7-10,12,14H,6,11H2,1-5H3. The molecule has 4 heteroatoms. The topological polar surface area (TPSA) is 29.5 Å². The molecule has 3 nitrogen and oxygen atoms in total. The summed E-state index contributed by atoms with van der Waals surface area (Å²) in [7, 11) is 3.66. The van der Waals surface area contributed by atoms with E-state index < -0.39 is 0 Å². The number of thioether (sulfide) groups is 1. The van der Waals surface area contributed by atoms with Crippen LogP contribution in [-0.4, -0.2) is 48.9 Å². The van der Waals surface area contributed by atoms with E-state index in [1.165, 1.54) is 0 Å². The van der Waals surface area contributed by atoms with Crippen LogP contribution in [0.3, 0.4) is 0 Å². The van der Waals surface area contributed by atoms with Gasteiger partial charge in [-0.2, -0.15) is 11.8 Å². The summed E-state index contributed by atoms with van der Waals surface area (Å²) >= 11 is 1.82. The second kappa shape index (κ2) is 8.32. The molecule has 0 aliphatic heterocycles. The van der Waals surface area contributed by atoms with Gasteiger partial charge in [0.2, 0.25) is 0 Å². The van der Waals surface area contributed by atoms with Gasteiger partial charge in [-0.1, -0.05) is 6.92 Å². The molecule has 2 unspecified atom stereocenters. The Labute approximate surface area is 126 Å². The summed E-state index contributed by atoms with van der Waals surface area (Å²) < 4.78 is 5.12. The largest absolute Gasteiger partial charge is 0.497 e. The molecule has 0 aliphatic carbocycles. The highest BCUT2D eigenvalue weighted by molar-refractivity contribution is 7.98. The summed E-state index contributed by atoms with van der Waals surface area (Å²) in [6.07, 6.45) is 3.16. The Morgan fingerprint density at radius 2 is 1.95 bits per heavy atom. The number of likely N-dealkylation sites (N-methyl/N-ethyl adjacent to an activating group) is 1. The first kappa shape index (κ1) is 17.1. The highest BCUT2D eigenvalue weighted by atomic mass is 32.2. The van der Waals surface area contributed by atoms with Crippen molar-refractivity contribution in [1.29, 1.82) is 0 Å². The van der Waals surface area contributed by atoms with E-state index in [4.69, 9.17) is 4.74 Å². The van der Waals surface area contributed by atoms with Gasteiger partial charge in [0.05, 0.1) is 13.2 Å². The fraction of sp³-hybridized carbons (Fsp3) is 0.562. The molecule has 0 N–H and O–H groups in total. The van der Waals surface area contributed by atoms with Gasteiger partial charge in [-0.05, 0) is 50.9 Å². The quantitative estimate of drug-likeness (QED) is 0.688. The minimum absolute atomic E-state index is 0.111. The van der Waals surface area contributed by atoms with E-state index in [1.54, 1.807) is 7.11 Å². The van der Waals surface area contributed by atoms with Crippen LogP contribution in [0.25, 0.3) is 0 Å². The minimum Gasteiger partial charge on any atom is -0.497 e. The van der Waals surface area contributed by atoms with E-state index in [0.29, 0.717) is 6.04 Å². The zero-order valence-electron chi connectivity index (χ0n) is 13.1. The third kappa shape index (κ3) is 4.25. The van der Waals surface area contributed by atoms with Gasteiger partial charge >= 0.3 is 0 Å².